The van der Waals surface area contributed by atoms with Crippen molar-refractivity contribution in [2.24, 2.45) is 4.99 Å². The van der Waals surface area contributed by atoms with Crippen LogP contribution in [0.2, 0.25) is 5.02 Å². The number of para-hydroxylation sites is 1. The van der Waals surface area contributed by atoms with Gasteiger partial charge in [0.05, 0.1) is 35.0 Å². The van der Waals surface area contributed by atoms with Crippen molar-refractivity contribution in [3.63, 3.8) is 0 Å². The van der Waals surface area contributed by atoms with Gasteiger partial charge in [0.1, 0.15) is 5.82 Å². The molecule has 1 saturated heterocycles. The Morgan fingerprint density at radius 1 is 1.32 bits per heavy atom. The Balaban J connectivity index is 0.000000212. The van der Waals surface area contributed by atoms with Crippen LogP contribution in [0.3, 0.4) is 0 Å². The predicted molar refractivity (Wildman–Crippen MR) is 138 cm³/mol. The van der Waals surface area contributed by atoms with Crippen molar-refractivity contribution in [3.8, 4) is 0 Å². The molecule has 0 aliphatic carbocycles. The Kier molecular flexibility index (Phi) is 10.3. The summed E-state index contributed by atoms with van der Waals surface area (Å²) in [6, 6.07) is 9.66. The first kappa shape index (κ1) is 28.7. The molecule has 0 unspecified atom stereocenters. The summed E-state index contributed by atoms with van der Waals surface area (Å²) in [7, 11) is 2.08. The number of benzene rings is 2. The standard InChI is InChI=1S/C15H13ClFNO2.C10H17N5O3/c1-9-5-6-13(10(7-9)8-14(19)20)18-15-11(16)3-2-4-12(15)17;1-3-17-10(16)11-9-8-15(12-18-9)14-6-4-13(2)5-7-14/h2-7,18H,8H2,1H3,(H,19,20);8H,3-7H2,1-2H3. The number of piperazine rings is 1. The minimum absolute atomic E-state index is 0.143. The second-order valence-electron chi connectivity index (χ2n) is 8.48. The summed E-state index contributed by atoms with van der Waals surface area (Å²) in [6.07, 6.45) is 0.761. The van der Waals surface area contributed by atoms with Gasteiger partial charge in [-0.25, -0.2) is 4.39 Å². The minimum Gasteiger partial charge on any atom is -0.600 e. The van der Waals surface area contributed by atoms with E-state index in [0.29, 0.717) is 11.3 Å². The fraction of sp³-hybridized carbons (Fsp3) is 0.360. The van der Waals surface area contributed by atoms with E-state index in [1.165, 1.54) is 12.1 Å². The number of rotatable bonds is 7. The molecular formula is C25H30ClFN6O5. The van der Waals surface area contributed by atoms with E-state index in [-0.39, 0.29) is 29.6 Å². The first-order chi connectivity index (χ1) is 18.2. The van der Waals surface area contributed by atoms with E-state index < -0.39 is 17.9 Å². The lowest BCUT2D eigenvalue weighted by Crippen LogP contribution is -2.64. The molecule has 0 radical (unpaired) electrons. The molecule has 2 N–H and O–H groups in total. The lowest BCUT2D eigenvalue weighted by atomic mass is 10.1. The van der Waals surface area contributed by atoms with Crippen molar-refractivity contribution in [1.82, 2.24) is 10.2 Å². The molecule has 11 nitrogen and oxygen atoms in total. The number of aryl methyl sites for hydroxylation is 1. The summed E-state index contributed by atoms with van der Waals surface area (Å²) in [5, 5.41) is 29.0. The number of aliphatic imine (C=N–C) groups is 1. The third-order valence-electron chi connectivity index (χ3n) is 5.51. The number of carboxylic acids is 1. The van der Waals surface area contributed by atoms with Gasteiger partial charge in [-0.2, -0.15) is 10.0 Å². The van der Waals surface area contributed by atoms with E-state index in [2.05, 4.69) is 27.5 Å². The van der Waals surface area contributed by atoms with Crippen LogP contribution < -0.4 is 20.2 Å². The lowest BCUT2D eigenvalue weighted by molar-refractivity contribution is -0.759. The molecule has 0 amide bonds. The van der Waals surface area contributed by atoms with E-state index in [4.69, 9.17) is 26.0 Å². The van der Waals surface area contributed by atoms with Crippen LogP contribution in [0.4, 0.5) is 21.6 Å². The van der Waals surface area contributed by atoms with Crippen molar-refractivity contribution < 1.29 is 33.4 Å². The summed E-state index contributed by atoms with van der Waals surface area (Å²) < 4.78 is 23.4. The number of nitrogens with one attached hydrogen (secondary N) is 1. The molecule has 1 aliphatic rings. The van der Waals surface area contributed by atoms with Crippen LogP contribution >= 0.6 is 11.6 Å². The highest BCUT2D eigenvalue weighted by molar-refractivity contribution is 6.33. The van der Waals surface area contributed by atoms with E-state index >= 15 is 0 Å². The predicted octanol–water partition coefficient (Wildman–Crippen LogP) is 2.39. The van der Waals surface area contributed by atoms with Crippen LogP contribution in [0.1, 0.15) is 18.1 Å². The van der Waals surface area contributed by atoms with Crippen LogP contribution in [0.25, 0.3) is 0 Å². The molecular weight excluding hydrogens is 519 g/mol. The Labute approximate surface area is 224 Å². The number of ether oxygens (including phenoxy) is 1. The third kappa shape index (κ3) is 8.32. The van der Waals surface area contributed by atoms with Crippen LogP contribution in [0.5, 0.6) is 0 Å². The maximum atomic E-state index is 13.7. The number of nitrogens with zero attached hydrogens (tertiary/aromatic N) is 5. The van der Waals surface area contributed by atoms with Gasteiger partial charge in [-0.3, -0.25) is 9.32 Å². The Morgan fingerprint density at radius 3 is 2.71 bits per heavy atom. The molecule has 4 rings (SSSR count). The molecule has 204 valence electrons. The highest BCUT2D eigenvalue weighted by Crippen LogP contribution is 2.30. The van der Waals surface area contributed by atoms with Gasteiger partial charge in [-0.05, 0) is 44.3 Å². The normalized spacial score (nSPS) is 14.0. The van der Waals surface area contributed by atoms with Crippen LogP contribution in [0, 0.1) is 12.7 Å². The fourth-order valence-corrected chi connectivity index (χ4v) is 3.77. The largest absolute Gasteiger partial charge is 0.600 e. The first-order valence-electron chi connectivity index (χ1n) is 11.9. The highest BCUT2D eigenvalue weighted by Gasteiger charge is 2.24. The molecule has 2 aromatic carbocycles. The zero-order chi connectivity index (χ0) is 27.7. The molecule has 1 fully saturated rings. The SMILES string of the molecule is CCO/C([O-])=N/c1c[n+](N2CCN(C)CC2)no1.Cc1ccc(Nc2c(F)cccc2Cl)c(CC(=O)O)c1. The zero-order valence-corrected chi connectivity index (χ0v) is 22.1. The van der Waals surface area contributed by atoms with E-state index in [1.807, 2.05) is 18.0 Å². The number of carboxylic acid groups (broad SMARTS) is 1. The number of hydrogen-bond acceptors (Lipinski definition) is 9. The van der Waals surface area contributed by atoms with Gasteiger partial charge >= 0.3 is 11.9 Å². The lowest BCUT2D eigenvalue weighted by Gasteiger charge is -2.26. The summed E-state index contributed by atoms with van der Waals surface area (Å²) in [5.41, 5.74) is 2.19. The van der Waals surface area contributed by atoms with Gasteiger partial charge in [-0.15, -0.1) is 0 Å². The molecule has 0 atom stereocenters. The van der Waals surface area contributed by atoms with Crippen LogP contribution in [-0.4, -0.2) is 67.2 Å². The monoisotopic (exact) mass is 548 g/mol. The van der Waals surface area contributed by atoms with Crippen molar-refractivity contribution in [2.75, 3.05) is 50.2 Å². The molecule has 13 heteroatoms. The second kappa shape index (κ2) is 13.6. The van der Waals surface area contributed by atoms with E-state index in [1.54, 1.807) is 36.1 Å². The van der Waals surface area contributed by atoms with E-state index in [0.717, 1.165) is 31.7 Å². The molecule has 1 aromatic heterocycles. The number of carbonyl (C=O) groups is 1. The van der Waals surface area contributed by atoms with Crippen molar-refractivity contribution in [1.29, 1.82) is 0 Å². The van der Waals surface area contributed by atoms with Gasteiger partial charge < -0.3 is 25.2 Å². The van der Waals surface area contributed by atoms with Crippen LogP contribution in [-0.2, 0) is 16.0 Å². The summed E-state index contributed by atoms with van der Waals surface area (Å²) in [5.74, 6) is -1.29. The number of hydrogen-bond donors (Lipinski definition) is 2. The highest BCUT2D eigenvalue weighted by atomic mass is 35.5. The third-order valence-corrected chi connectivity index (χ3v) is 5.82. The second-order valence-corrected chi connectivity index (χ2v) is 8.89. The molecule has 1 aliphatic heterocycles. The molecule has 2 heterocycles. The number of aliphatic carboxylic acids is 1. The number of likely N-dealkylation sites (N-methyl/N-ethyl adjacent to an activating group) is 1. The maximum absolute atomic E-state index is 13.7. The molecule has 0 spiro atoms. The fourth-order valence-electron chi connectivity index (χ4n) is 3.56. The van der Waals surface area contributed by atoms with Gasteiger partial charge in [0.2, 0.25) is 5.27 Å². The molecule has 0 bridgehead atoms. The molecule has 0 saturated carbocycles. The Morgan fingerprint density at radius 2 is 2.05 bits per heavy atom. The Bertz CT molecular complexity index is 1240. The van der Waals surface area contributed by atoms with E-state index in [9.17, 15) is 14.3 Å². The van der Waals surface area contributed by atoms with Gasteiger partial charge in [0.15, 0.2) is 6.08 Å². The molecule has 3 aromatic rings. The average molecular weight is 549 g/mol. The Hall–Kier alpha value is -3.90. The van der Waals surface area contributed by atoms with Crippen molar-refractivity contribution >= 4 is 40.9 Å². The quantitative estimate of drug-likeness (QED) is 0.259. The van der Waals surface area contributed by atoms with Gasteiger partial charge in [0, 0.05) is 18.8 Å². The average Bonchev–Trinajstić information content (AvgIpc) is 3.32. The van der Waals surface area contributed by atoms with Gasteiger partial charge in [-0.1, -0.05) is 42.3 Å². The molecule has 38 heavy (non-hydrogen) atoms. The topological polar surface area (TPSA) is 130 Å². The number of halogens is 2. The smallest absolute Gasteiger partial charge is 0.326 e. The van der Waals surface area contributed by atoms with Crippen molar-refractivity contribution in [2.45, 2.75) is 20.3 Å². The minimum atomic E-state index is -0.946. The zero-order valence-electron chi connectivity index (χ0n) is 21.4. The summed E-state index contributed by atoms with van der Waals surface area (Å²) in [6.45, 7) is 7.51. The summed E-state index contributed by atoms with van der Waals surface area (Å²) >= 11 is 5.95. The summed E-state index contributed by atoms with van der Waals surface area (Å²) in [4.78, 5) is 18.3. The van der Waals surface area contributed by atoms with Crippen molar-refractivity contribution in [3.05, 3.63) is 64.6 Å². The first-order valence-corrected chi connectivity index (χ1v) is 12.3. The maximum Gasteiger partial charge on any atom is 0.326 e. The van der Waals surface area contributed by atoms with Gasteiger partial charge in [0.25, 0.3) is 6.20 Å². The number of anilines is 2. The van der Waals surface area contributed by atoms with Crippen LogP contribution in [0.15, 0.2) is 52.1 Å². The number of aromatic nitrogens is 2.